The molecule has 2 heterocycles. The normalized spacial score (nSPS) is 22.8. The highest BCUT2D eigenvalue weighted by Crippen LogP contribution is 2.41. The first-order chi connectivity index (χ1) is 15.5. The molecule has 2 amide bonds. The fourth-order valence-corrected chi connectivity index (χ4v) is 4.23. The number of nitrogen functional groups attached to an aromatic ring is 1. The van der Waals surface area contributed by atoms with E-state index in [1.165, 1.54) is 11.0 Å². The van der Waals surface area contributed by atoms with Gasteiger partial charge in [-0.2, -0.15) is 0 Å². The fraction of sp³-hybridized carbons (Fsp3) is 0.409. The van der Waals surface area contributed by atoms with Crippen molar-refractivity contribution < 1.29 is 32.2 Å². The van der Waals surface area contributed by atoms with Gasteiger partial charge in [0, 0.05) is 17.7 Å². The number of halogens is 3. The van der Waals surface area contributed by atoms with Crippen molar-refractivity contribution in [3.63, 3.8) is 0 Å². The van der Waals surface area contributed by atoms with Crippen molar-refractivity contribution in [3.05, 3.63) is 42.1 Å². The van der Waals surface area contributed by atoms with Crippen molar-refractivity contribution in [2.24, 2.45) is 5.92 Å². The molecule has 8 nitrogen and oxygen atoms in total. The quantitative estimate of drug-likeness (QED) is 0.650. The summed E-state index contributed by atoms with van der Waals surface area (Å²) < 4.78 is 46.6. The van der Waals surface area contributed by atoms with E-state index in [2.05, 4.69) is 15.0 Å². The first kappa shape index (κ1) is 22.7. The van der Waals surface area contributed by atoms with Crippen molar-refractivity contribution in [1.29, 1.82) is 0 Å². The van der Waals surface area contributed by atoms with Crippen LogP contribution in [0.4, 0.5) is 35.2 Å². The third kappa shape index (κ3) is 5.12. The van der Waals surface area contributed by atoms with E-state index in [1.54, 1.807) is 6.07 Å². The number of benzene rings is 1. The number of nitrogens with one attached hydrogen (secondary N) is 1. The second-order valence-electron chi connectivity index (χ2n) is 8.33. The molecular weight excluding hydrogens is 441 g/mol. The molecule has 1 aromatic carbocycles. The molecule has 1 spiro atoms. The molecule has 0 radical (unpaired) electrons. The van der Waals surface area contributed by atoms with Crippen LogP contribution in [0.25, 0.3) is 0 Å². The molecule has 3 N–H and O–H groups in total. The fourth-order valence-electron chi connectivity index (χ4n) is 4.23. The maximum absolute atomic E-state index is 12.7. The average Bonchev–Trinajstić information content (AvgIpc) is 3.05. The Bertz CT molecular complexity index is 1070. The standard InChI is InChI=1S/C22H23F3N4O4/c1-13-3-2-4-18(27-13)29-12-21(33-20(29)31)9-7-14(8-10-21)19(30)28-17-6-5-15(11-16(17)26)32-22(23,24)25/h2-6,11,14H,7-10,12,26H2,1H3,(H,28,30). The molecule has 0 unspecified atom stereocenters. The number of aryl methyl sites for hydroxylation is 1. The molecule has 176 valence electrons. The zero-order chi connectivity index (χ0) is 23.8. The Hall–Kier alpha value is -3.50. The Morgan fingerprint density at radius 1 is 1.27 bits per heavy atom. The number of amides is 2. The van der Waals surface area contributed by atoms with Crippen LogP contribution in [-0.2, 0) is 9.53 Å². The highest BCUT2D eigenvalue weighted by molar-refractivity contribution is 5.95. The van der Waals surface area contributed by atoms with Crippen LogP contribution in [-0.4, -0.2) is 35.5 Å². The number of rotatable bonds is 4. The number of carbonyl (C=O) groups is 2. The summed E-state index contributed by atoms with van der Waals surface area (Å²) in [6.07, 6.45) is -3.29. The van der Waals surface area contributed by atoms with Crippen LogP contribution in [0.2, 0.25) is 0 Å². The molecular formula is C22H23F3N4O4. The van der Waals surface area contributed by atoms with Gasteiger partial charge < -0.3 is 20.5 Å². The highest BCUT2D eigenvalue weighted by Gasteiger charge is 2.49. The zero-order valence-corrected chi connectivity index (χ0v) is 17.8. The summed E-state index contributed by atoms with van der Waals surface area (Å²) in [5.74, 6) is -0.563. The van der Waals surface area contributed by atoms with Gasteiger partial charge >= 0.3 is 12.5 Å². The monoisotopic (exact) mass is 464 g/mol. The number of nitrogens with two attached hydrogens (primary N) is 1. The first-order valence-electron chi connectivity index (χ1n) is 10.4. The summed E-state index contributed by atoms with van der Waals surface area (Å²) in [6, 6.07) is 8.77. The van der Waals surface area contributed by atoms with Crippen LogP contribution >= 0.6 is 0 Å². The number of hydrogen-bond donors (Lipinski definition) is 2. The number of hydrogen-bond acceptors (Lipinski definition) is 6. The van der Waals surface area contributed by atoms with Gasteiger partial charge in [-0.25, -0.2) is 9.78 Å². The van der Waals surface area contributed by atoms with Crippen LogP contribution in [0.15, 0.2) is 36.4 Å². The van der Waals surface area contributed by atoms with Crippen LogP contribution < -0.4 is 20.7 Å². The van der Waals surface area contributed by atoms with Crippen molar-refractivity contribution >= 4 is 29.2 Å². The number of pyridine rings is 1. The molecule has 0 bridgehead atoms. The van der Waals surface area contributed by atoms with Crippen molar-refractivity contribution in [1.82, 2.24) is 4.98 Å². The van der Waals surface area contributed by atoms with Gasteiger partial charge in [0.05, 0.1) is 17.9 Å². The SMILES string of the molecule is Cc1cccc(N2CC3(CCC(C(=O)Nc4ccc(OC(F)(F)F)cc4N)CC3)OC2=O)n1. The molecule has 2 aromatic rings. The van der Waals surface area contributed by atoms with E-state index in [9.17, 15) is 22.8 Å². The Balaban J connectivity index is 1.35. The second kappa shape index (κ2) is 8.45. The molecule has 4 rings (SSSR count). The van der Waals surface area contributed by atoms with Gasteiger partial charge in [0.25, 0.3) is 0 Å². The predicted molar refractivity (Wildman–Crippen MR) is 114 cm³/mol. The molecule has 2 fully saturated rings. The summed E-state index contributed by atoms with van der Waals surface area (Å²) >= 11 is 0. The highest BCUT2D eigenvalue weighted by atomic mass is 19.4. The maximum atomic E-state index is 12.7. The van der Waals surface area contributed by atoms with Crippen molar-refractivity contribution in [3.8, 4) is 5.75 Å². The number of aromatic nitrogens is 1. The maximum Gasteiger partial charge on any atom is 0.573 e. The van der Waals surface area contributed by atoms with E-state index < -0.39 is 23.8 Å². The molecule has 1 aliphatic carbocycles. The molecule has 2 aliphatic rings. The zero-order valence-electron chi connectivity index (χ0n) is 17.8. The lowest BCUT2D eigenvalue weighted by Gasteiger charge is -2.34. The lowest BCUT2D eigenvalue weighted by Crippen LogP contribution is -2.41. The number of anilines is 3. The minimum Gasteiger partial charge on any atom is -0.441 e. The number of alkyl halides is 3. The van der Waals surface area contributed by atoms with Crippen LogP contribution in [0.5, 0.6) is 5.75 Å². The van der Waals surface area contributed by atoms with E-state index >= 15 is 0 Å². The Morgan fingerprint density at radius 2 is 2.00 bits per heavy atom. The number of ether oxygens (including phenoxy) is 2. The van der Waals surface area contributed by atoms with Crippen LogP contribution in [0.3, 0.4) is 0 Å². The van der Waals surface area contributed by atoms with E-state index in [0.29, 0.717) is 38.0 Å². The molecule has 0 atom stereocenters. The average molecular weight is 464 g/mol. The van der Waals surface area contributed by atoms with Gasteiger partial charge in [-0.15, -0.1) is 13.2 Å². The topological polar surface area (TPSA) is 107 Å². The lowest BCUT2D eigenvalue weighted by molar-refractivity contribution is -0.274. The summed E-state index contributed by atoms with van der Waals surface area (Å²) in [5.41, 5.74) is 6.07. The Labute approximate surface area is 187 Å². The van der Waals surface area contributed by atoms with Crippen molar-refractivity contribution in [2.45, 2.75) is 44.6 Å². The van der Waals surface area contributed by atoms with E-state index in [1.807, 2.05) is 19.1 Å². The van der Waals surface area contributed by atoms with Gasteiger partial charge in [0.15, 0.2) is 0 Å². The lowest BCUT2D eigenvalue weighted by atomic mass is 9.78. The molecule has 1 aromatic heterocycles. The Kier molecular flexibility index (Phi) is 5.81. The van der Waals surface area contributed by atoms with E-state index in [0.717, 1.165) is 17.8 Å². The molecule has 1 aliphatic heterocycles. The first-order valence-corrected chi connectivity index (χ1v) is 10.4. The largest absolute Gasteiger partial charge is 0.573 e. The minimum absolute atomic E-state index is 0.0385. The third-order valence-corrected chi connectivity index (χ3v) is 5.90. The number of carbonyl (C=O) groups excluding carboxylic acids is 2. The van der Waals surface area contributed by atoms with Gasteiger partial charge in [0.2, 0.25) is 5.91 Å². The Morgan fingerprint density at radius 3 is 2.64 bits per heavy atom. The second-order valence-corrected chi connectivity index (χ2v) is 8.33. The van der Waals surface area contributed by atoms with Gasteiger partial charge in [-0.3, -0.25) is 9.69 Å². The minimum atomic E-state index is -4.83. The van der Waals surface area contributed by atoms with Crippen molar-refractivity contribution in [2.75, 3.05) is 22.5 Å². The van der Waals surface area contributed by atoms with Crippen LogP contribution in [0.1, 0.15) is 31.4 Å². The smallest absolute Gasteiger partial charge is 0.441 e. The van der Waals surface area contributed by atoms with Crippen LogP contribution in [0, 0.1) is 12.8 Å². The summed E-state index contributed by atoms with van der Waals surface area (Å²) in [4.78, 5) is 31.1. The summed E-state index contributed by atoms with van der Waals surface area (Å²) in [7, 11) is 0. The van der Waals surface area contributed by atoms with Gasteiger partial charge in [0.1, 0.15) is 17.2 Å². The molecule has 33 heavy (non-hydrogen) atoms. The summed E-state index contributed by atoms with van der Waals surface area (Å²) in [5, 5.41) is 2.67. The number of nitrogens with zero attached hydrogens (tertiary/aromatic N) is 2. The third-order valence-electron chi connectivity index (χ3n) is 5.90. The van der Waals surface area contributed by atoms with E-state index in [-0.39, 0.29) is 23.2 Å². The van der Waals surface area contributed by atoms with Gasteiger partial charge in [-0.05, 0) is 56.9 Å². The summed E-state index contributed by atoms with van der Waals surface area (Å²) in [6.45, 7) is 2.21. The van der Waals surface area contributed by atoms with E-state index in [4.69, 9.17) is 10.5 Å². The predicted octanol–water partition coefficient (Wildman–Crippen LogP) is 4.40. The molecule has 11 heteroatoms. The van der Waals surface area contributed by atoms with Gasteiger partial charge in [-0.1, -0.05) is 6.07 Å². The molecule has 1 saturated heterocycles. The molecule has 1 saturated carbocycles.